The van der Waals surface area contributed by atoms with Crippen LogP contribution in [0.5, 0.6) is 0 Å². The summed E-state index contributed by atoms with van der Waals surface area (Å²) >= 11 is 0. The molecule has 1 aromatic rings. The number of carboxylic acids is 1. The summed E-state index contributed by atoms with van der Waals surface area (Å²) in [4.78, 5) is 23.1. The summed E-state index contributed by atoms with van der Waals surface area (Å²) in [7, 11) is 3.72. The summed E-state index contributed by atoms with van der Waals surface area (Å²) in [6.07, 6.45) is 0.469. The van der Waals surface area contributed by atoms with E-state index in [1.54, 1.807) is 6.07 Å². The molecular weight excluding hydrogens is 224 g/mol. The molecule has 0 radical (unpaired) electrons. The Morgan fingerprint density at radius 3 is 2.59 bits per heavy atom. The van der Waals surface area contributed by atoms with Crippen LogP contribution in [0, 0.1) is 10.1 Å². The lowest BCUT2D eigenvalue weighted by Gasteiger charge is -2.11. The van der Waals surface area contributed by atoms with Crippen LogP contribution in [0.25, 0.3) is 0 Å². The molecule has 0 aromatic heterocycles. The van der Waals surface area contributed by atoms with E-state index in [9.17, 15) is 14.9 Å². The summed E-state index contributed by atoms with van der Waals surface area (Å²) in [5.41, 5.74) is -0.0755. The molecule has 0 heterocycles. The van der Waals surface area contributed by atoms with Gasteiger partial charge < -0.3 is 10.0 Å². The number of nitro benzene ring substituents is 1. The second-order valence-electron chi connectivity index (χ2n) is 3.93. The highest BCUT2D eigenvalue weighted by Crippen LogP contribution is 2.22. The average Bonchev–Trinajstić information content (AvgIpc) is 2.25. The lowest BCUT2D eigenvalue weighted by atomic mass is 10.0. The van der Waals surface area contributed by atoms with Gasteiger partial charge in [0.1, 0.15) is 5.56 Å². The van der Waals surface area contributed by atoms with Gasteiger partial charge in [-0.25, -0.2) is 4.79 Å². The molecule has 0 unspecified atom stereocenters. The van der Waals surface area contributed by atoms with Gasteiger partial charge in [-0.05, 0) is 26.1 Å². The third-order valence-electron chi connectivity index (χ3n) is 2.37. The van der Waals surface area contributed by atoms with Crippen molar-refractivity contribution in [3.05, 3.63) is 39.4 Å². The van der Waals surface area contributed by atoms with Gasteiger partial charge >= 0.3 is 5.97 Å². The largest absolute Gasteiger partial charge is 0.477 e. The average molecular weight is 238 g/mol. The molecular formula is C11H14N2O4. The number of aromatic carboxylic acids is 1. The molecule has 0 aliphatic heterocycles. The highest BCUT2D eigenvalue weighted by atomic mass is 16.6. The van der Waals surface area contributed by atoms with Crippen molar-refractivity contribution < 1.29 is 14.8 Å². The van der Waals surface area contributed by atoms with Gasteiger partial charge in [-0.3, -0.25) is 10.1 Å². The van der Waals surface area contributed by atoms with E-state index in [1.807, 2.05) is 19.0 Å². The van der Waals surface area contributed by atoms with Crippen molar-refractivity contribution in [2.75, 3.05) is 20.6 Å². The minimum Gasteiger partial charge on any atom is -0.477 e. The standard InChI is InChI=1S/C11H14N2O4/c1-12(2)7-6-8-4-3-5-9(13(16)17)10(8)11(14)15/h3-5H,6-7H2,1-2H3,(H,14,15). The molecule has 0 saturated carbocycles. The molecule has 0 saturated heterocycles. The summed E-state index contributed by atoms with van der Waals surface area (Å²) in [5.74, 6) is -1.26. The Morgan fingerprint density at radius 2 is 2.12 bits per heavy atom. The summed E-state index contributed by atoms with van der Waals surface area (Å²) < 4.78 is 0. The zero-order valence-electron chi connectivity index (χ0n) is 9.71. The fraction of sp³-hybridized carbons (Fsp3) is 0.364. The lowest BCUT2D eigenvalue weighted by Crippen LogP contribution is -2.17. The van der Waals surface area contributed by atoms with E-state index in [4.69, 9.17) is 5.11 Å². The Kier molecular flexibility index (Phi) is 4.17. The first-order chi connectivity index (χ1) is 7.93. The Hall–Kier alpha value is -1.95. The number of hydrogen-bond acceptors (Lipinski definition) is 4. The Morgan fingerprint density at radius 1 is 1.47 bits per heavy atom. The maximum atomic E-state index is 11.1. The molecule has 6 nitrogen and oxygen atoms in total. The van der Waals surface area contributed by atoms with Gasteiger partial charge in [-0.1, -0.05) is 12.1 Å². The third-order valence-corrected chi connectivity index (χ3v) is 2.37. The molecule has 0 bridgehead atoms. The van der Waals surface area contributed by atoms with Crippen molar-refractivity contribution in [1.82, 2.24) is 4.90 Å². The lowest BCUT2D eigenvalue weighted by molar-refractivity contribution is -0.385. The molecule has 17 heavy (non-hydrogen) atoms. The predicted molar refractivity (Wildman–Crippen MR) is 62.3 cm³/mol. The van der Waals surface area contributed by atoms with Crippen LogP contribution >= 0.6 is 0 Å². The van der Waals surface area contributed by atoms with E-state index in [2.05, 4.69) is 0 Å². The van der Waals surface area contributed by atoms with Gasteiger partial charge in [0.2, 0.25) is 0 Å². The van der Waals surface area contributed by atoms with E-state index in [0.717, 1.165) is 0 Å². The molecule has 1 rings (SSSR count). The quantitative estimate of drug-likeness (QED) is 0.619. The fourth-order valence-corrected chi connectivity index (χ4v) is 1.54. The third kappa shape index (κ3) is 3.25. The molecule has 6 heteroatoms. The van der Waals surface area contributed by atoms with Gasteiger partial charge in [0.05, 0.1) is 4.92 Å². The number of rotatable bonds is 5. The van der Waals surface area contributed by atoms with Gasteiger partial charge in [0, 0.05) is 12.6 Å². The number of benzene rings is 1. The van der Waals surface area contributed by atoms with Gasteiger partial charge in [0.25, 0.3) is 5.69 Å². The minimum absolute atomic E-state index is 0.209. The second kappa shape index (κ2) is 5.40. The van der Waals surface area contributed by atoms with Crippen LogP contribution in [0.4, 0.5) is 5.69 Å². The van der Waals surface area contributed by atoms with Crippen LogP contribution in [0.3, 0.4) is 0 Å². The molecule has 92 valence electrons. The van der Waals surface area contributed by atoms with Crippen molar-refractivity contribution in [2.24, 2.45) is 0 Å². The van der Waals surface area contributed by atoms with E-state index in [-0.39, 0.29) is 11.3 Å². The Labute approximate surface area is 98.6 Å². The first-order valence-electron chi connectivity index (χ1n) is 5.07. The topological polar surface area (TPSA) is 83.7 Å². The number of carbonyl (C=O) groups is 1. The van der Waals surface area contributed by atoms with Crippen LogP contribution in [0.1, 0.15) is 15.9 Å². The molecule has 0 spiro atoms. The Bertz CT molecular complexity index is 443. The van der Waals surface area contributed by atoms with Crippen LogP contribution < -0.4 is 0 Å². The second-order valence-corrected chi connectivity index (χ2v) is 3.93. The predicted octanol–water partition coefficient (Wildman–Crippen LogP) is 1.40. The van der Waals surface area contributed by atoms with Crippen LogP contribution in [0.2, 0.25) is 0 Å². The minimum atomic E-state index is -1.26. The number of likely N-dealkylation sites (N-methyl/N-ethyl adjacent to an activating group) is 1. The first kappa shape index (κ1) is 13.1. The maximum absolute atomic E-state index is 11.1. The van der Waals surface area contributed by atoms with Gasteiger partial charge in [-0.2, -0.15) is 0 Å². The summed E-state index contributed by atoms with van der Waals surface area (Å²) in [6, 6.07) is 4.33. The van der Waals surface area contributed by atoms with Gasteiger partial charge in [-0.15, -0.1) is 0 Å². The highest BCUT2D eigenvalue weighted by Gasteiger charge is 2.22. The monoisotopic (exact) mass is 238 g/mol. The van der Waals surface area contributed by atoms with Gasteiger partial charge in [0.15, 0.2) is 0 Å². The van der Waals surface area contributed by atoms with E-state index in [0.29, 0.717) is 18.5 Å². The van der Waals surface area contributed by atoms with Crippen LogP contribution in [0.15, 0.2) is 18.2 Å². The zero-order chi connectivity index (χ0) is 13.0. The highest BCUT2D eigenvalue weighted by molar-refractivity contribution is 5.94. The summed E-state index contributed by atoms with van der Waals surface area (Å²) in [5, 5.41) is 19.8. The van der Waals surface area contributed by atoms with Crippen molar-refractivity contribution in [3.63, 3.8) is 0 Å². The molecule has 0 atom stereocenters. The van der Waals surface area contributed by atoms with Crippen molar-refractivity contribution in [1.29, 1.82) is 0 Å². The number of nitrogens with zero attached hydrogens (tertiary/aromatic N) is 2. The van der Waals surface area contributed by atoms with Crippen LogP contribution in [-0.4, -0.2) is 41.5 Å². The molecule has 1 N–H and O–H groups in total. The zero-order valence-corrected chi connectivity index (χ0v) is 9.71. The molecule has 1 aromatic carbocycles. The summed E-state index contributed by atoms with van der Waals surface area (Å²) in [6.45, 7) is 0.640. The number of hydrogen-bond donors (Lipinski definition) is 1. The van der Waals surface area contributed by atoms with Crippen molar-refractivity contribution in [3.8, 4) is 0 Å². The Balaban J connectivity index is 3.16. The van der Waals surface area contributed by atoms with E-state index in [1.165, 1.54) is 12.1 Å². The molecule has 0 aliphatic carbocycles. The smallest absolute Gasteiger partial charge is 0.343 e. The fourth-order valence-electron chi connectivity index (χ4n) is 1.54. The SMILES string of the molecule is CN(C)CCc1cccc([N+](=O)[O-])c1C(=O)O. The number of nitro groups is 1. The first-order valence-corrected chi connectivity index (χ1v) is 5.07. The molecule has 0 fully saturated rings. The van der Waals surface area contributed by atoms with Crippen molar-refractivity contribution in [2.45, 2.75) is 6.42 Å². The van der Waals surface area contributed by atoms with Crippen LogP contribution in [-0.2, 0) is 6.42 Å². The maximum Gasteiger partial charge on any atom is 0.343 e. The molecule has 0 amide bonds. The van der Waals surface area contributed by atoms with E-state index < -0.39 is 10.9 Å². The molecule has 0 aliphatic rings. The van der Waals surface area contributed by atoms with Crippen molar-refractivity contribution >= 4 is 11.7 Å². The number of carboxylic acid groups (broad SMARTS) is 1. The van der Waals surface area contributed by atoms with E-state index >= 15 is 0 Å². The normalized spacial score (nSPS) is 10.5.